The number of nitrogens with zero attached hydrogens (tertiary/aromatic N) is 4. The number of alkyl carbamates (subject to hydrolysis) is 1. The molecular formula is C35H50ClN7O3S. The van der Waals surface area contributed by atoms with Gasteiger partial charge in [0.05, 0.1) is 5.39 Å². The van der Waals surface area contributed by atoms with E-state index in [1.165, 1.54) is 19.3 Å². The average Bonchev–Trinajstić information content (AvgIpc) is 3.39. The molecule has 0 spiro atoms. The maximum absolute atomic E-state index is 11.4. The number of nitrogens with two attached hydrogens (primary N) is 1. The van der Waals surface area contributed by atoms with Gasteiger partial charge in [0.2, 0.25) is 5.95 Å². The number of hydrogen-bond donors (Lipinski definition) is 3. The molecule has 2 aromatic heterocycles. The van der Waals surface area contributed by atoms with Crippen molar-refractivity contribution < 1.29 is 14.3 Å². The monoisotopic (exact) mass is 683 g/mol. The summed E-state index contributed by atoms with van der Waals surface area (Å²) >= 11 is 7.71. The van der Waals surface area contributed by atoms with Gasteiger partial charge in [-0.2, -0.15) is 21.8 Å². The standard InChI is InChI=1S/C22H23ClN6O.C11H21NO2.C2H6S/c1-2-10-30-14-29-21-19(13-26-22(24)27-21)20(28-29)16-4-3-5-18(11-16)25-12-15-6-8-17(23)9-7-15;1-11(2,3)14-10(13)12-9-7-5-4-6-8-9;1-3-2/h3-9,11,13,25H,2,10,12,14H2,1H3,(H2,24,26,27);9H,4-8H2,1-3H3,(H,12,13);1-2H3. The fourth-order valence-electron chi connectivity index (χ4n) is 4.87. The third-order valence-corrected chi connectivity index (χ3v) is 7.19. The molecule has 12 heteroatoms. The highest BCUT2D eigenvalue weighted by Gasteiger charge is 2.20. The normalized spacial score (nSPS) is 13.2. The Morgan fingerprint density at radius 3 is 2.47 bits per heavy atom. The highest BCUT2D eigenvalue weighted by atomic mass is 35.5. The van der Waals surface area contributed by atoms with Crippen LogP contribution in [0.4, 0.5) is 16.4 Å². The number of thioether (sulfide) groups is 1. The van der Waals surface area contributed by atoms with Gasteiger partial charge in [0.25, 0.3) is 0 Å². The van der Waals surface area contributed by atoms with Crippen molar-refractivity contribution in [2.24, 2.45) is 0 Å². The second kappa shape index (κ2) is 19.3. The molecule has 0 aliphatic heterocycles. The number of hydrogen-bond acceptors (Lipinski definition) is 9. The lowest BCUT2D eigenvalue weighted by molar-refractivity contribution is 0.0493. The van der Waals surface area contributed by atoms with E-state index in [2.05, 4.69) is 33.6 Å². The molecular weight excluding hydrogens is 634 g/mol. The number of benzene rings is 2. The molecule has 1 saturated carbocycles. The minimum atomic E-state index is -0.390. The number of rotatable bonds is 9. The molecule has 4 N–H and O–H groups in total. The largest absolute Gasteiger partial charge is 0.444 e. The smallest absolute Gasteiger partial charge is 0.407 e. The lowest BCUT2D eigenvalue weighted by atomic mass is 9.96. The summed E-state index contributed by atoms with van der Waals surface area (Å²) in [6, 6.07) is 16.2. The van der Waals surface area contributed by atoms with Crippen LogP contribution in [0, 0.1) is 0 Å². The molecule has 2 heterocycles. The number of fused-ring (bicyclic) bond motifs is 1. The van der Waals surface area contributed by atoms with Crippen LogP contribution >= 0.6 is 23.4 Å². The summed E-state index contributed by atoms with van der Waals surface area (Å²) < 4.78 is 12.6. The molecule has 0 bridgehead atoms. The first-order chi connectivity index (χ1) is 22.5. The van der Waals surface area contributed by atoms with Gasteiger partial charge in [-0.1, -0.05) is 62.1 Å². The summed E-state index contributed by atoms with van der Waals surface area (Å²) in [6.45, 7) is 9.38. The van der Waals surface area contributed by atoms with E-state index in [9.17, 15) is 4.79 Å². The maximum Gasteiger partial charge on any atom is 0.407 e. The zero-order chi connectivity index (χ0) is 34.2. The second-order valence-electron chi connectivity index (χ2n) is 12.3. The summed E-state index contributed by atoms with van der Waals surface area (Å²) in [5.74, 6) is 0.212. The van der Waals surface area contributed by atoms with Crippen molar-refractivity contribution >= 4 is 52.1 Å². The minimum Gasteiger partial charge on any atom is -0.444 e. The summed E-state index contributed by atoms with van der Waals surface area (Å²) in [5.41, 5.74) is 9.96. The zero-order valence-corrected chi connectivity index (χ0v) is 30.1. The van der Waals surface area contributed by atoms with E-state index >= 15 is 0 Å². The van der Waals surface area contributed by atoms with Crippen molar-refractivity contribution in [1.82, 2.24) is 25.1 Å². The lowest BCUT2D eigenvalue weighted by Gasteiger charge is -2.25. The molecule has 256 valence electrons. The first-order valence-corrected chi connectivity index (χ1v) is 18.1. The van der Waals surface area contributed by atoms with Crippen LogP contribution < -0.4 is 16.4 Å². The van der Waals surface area contributed by atoms with E-state index in [1.54, 1.807) is 22.6 Å². The van der Waals surface area contributed by atoms with E-state index in [0.717, 1.165) is 52.2 Å². The summed E-state index contributed by atoms with van der Waals surface area (Å²) in [7, 11) is 0. The summed E-state index contributed by atoms with van der Waals surface area (Å²) in [4.78, 5) is 19.9. The Balaban J connectivity index is 0.000000295. The van der Waals surface area contributed by atoms with Crippen molar-refractivity contribution in [2.45, 2.75) is 91.1 Å². The van der Waals surface area contributed by atoms with E-state index in [0.29, 0.717) is 31.6 Å². The molecule has 47 heavy (non-hydrogen) atoms. The first kappa shape index (κ1) is 37.9. The van der Waals surface area contributed by atoms with Crippen LogP contribution in [0.2, 0.25) is 5.02 Å². The predicted octanol–water partition coefficient (Wildman–Crippen LogP) is 8.55. The van der Waals surface area contributed by atoms with Gasteiger partial charge in [-0.3, -0.25) is 0 Å². The van der Waals surface area contributed by atoms with Crippen molar-refractivity contribution in [2.75, 3.05) is 30.2 Å². The molecule has 0 unspecified atom stereocenters. The Kier molecular flexibility index (Phi) is 15.6. The topological polar surface area (TPSA) is 129 Å². The quantitative estimate of drug-likeness (QED) is 0.149. The van der Waals surface area contributed by atoms with E-state index < -0.39 is 5.60 Å². The fourth-order valence-corrected chi connectivity index (χ4v) is 5.00. The summed E-state index contributed by atoms with van der Waals surface area (Å²) in [6.07, 6.45) is 12.4. The van der Waals surface area contributed by atoms with Crippen molar-refractivity contribution in [3.8, 4) is 11.3 Å². The van der Waals surface area contributed by atoms with Crippen LogP contribution in [0.15, 0.2) is 54.7 Å². The molecule has 0 radical (unpaired) electrons. The van der Waals surface area contributed by atoms with Crippen molar-refractivity contribution in [1.29, 1.82) is 0 Å². The van der Waals surface area contributed by atoms with Gasteiger partial charge in [-0.05, 0) is 82.4 Å². The van der Waals surface area contributed by atoms with Gasteiger partial charge in [0.1, 0.15) is 18.0 Å². The number of ether oxygens (including phenoxy) is 2. The number of aromatic nitrogens is 4. The van der Waals surface area contributed by atoms with Crippen LogP contribution in [0.3, 0.4) is 0 Å². The van der Waals surface area contributed by atoms with Gasteiger partial charge >= 0.3 is 6.09 Å². The van der Waals surface area contributed by atoms with Crippen molar-refractivity contribution in [3.05, 3.63) is 65.3 Å². The van der Waals surface area contributed by atoms with E-state index in [4.69, 9.17) is 31.9 Å². The number of anilines is 2. The van der Waals surface area contributed by atoms with Gasteiger partial charge in [0.15, 0.2) is 5.65 Å². The molecule has 10 nitrogen and oxygen atoms in total. The van der Waals surface area contributed by atoms with Gasteiger partial charge in [-0.25, -0.2) is 14.5 Å². The number of carbonyl (C=O) groups is 1. The Labute approximate surface area is 288 Å². The van der Waals surface area contributed by atoms with Crippen molar-refractivity contribution in [3.63, 3.8) is 0 Å². The van der Waals surface area contributed by atoms with Crippen LogP contribution in [-0.2, 0) is 22.7 Å². The Bertz CT molecular complexity index is 1520. The SMILES string of the molecule is CC(C)(C)OC(=O)NC1CCCCC1.CCCOCn1nc(-c2cccc(NCc3ccc(Cl)cc3)c2)c2cnc(N)nc21.CSC. The number of nitrogen functional groups attached to an aromatic ring is 1. The summed E-state index contributed by atoms with van der Waals surface area (Å²) in [5, 5.41) is 12.7. The van der Waals surface area contributed by atoms with E-state index in [-0.39, 0.29) is 12.0 Å². The molecule has 4 aromatic rings. The van der Waals surface area contributed by atoms with Crippen LogP contribution in [0.1, 0.15) is 71.8 Å². The lowest BCUT2D eigenvalue weighted by Crippen LogP contribution is -2.39. The molecule has 0 atom stereocenters. The van der Waals surface area contributed by atoms with Gasteiger partial charge < -0.3 is 25.8 Å². The molecule has 1 aliphatic rings. The Morgan fingerprint density at radius 1 is 1.11 bits per heavy atom. The third kappa shape index (κ3) is 13.2. The van der Waals surface area contributed by atoms with Gasteiger partial charge in [-0.15, -0.1) is 0 Å². The minimum absolute atomic E-state index is 0.212. The Morgan fingerprint density at radius 2 is 1.81 bits per heavy atom. The highest BCUT2D eigenvalue weighted by molar-refractivity contribution is 7.97. The highest BCUT2D eigenvalue weighted by Crippen LogP contribution is 2.29. The zero-order valence-electron chi connectivity index (χ0n) is 28.5. The number of amides is 1. The average molecular weight is 684 g/mol. The number of carbonyl (C=O) groups excluding carboxylic acids is 1. The van der Waals surface area contributed by atoms with E-state index in [1.807, 2.05) is 75.7 Å². The molecule has 1 amide bonds. The molecule has 1 aliphatic carbocycles. The third-order valence-electron chi connectivity index (χ3n) is 6.94. The van der Waals surface area contributed by atoms with Crippen LogP contribution in [0.25, 0.3) is 22.3 Å². The van der Waals surface area contributed by atoms with Gasteiger partial charge in [0, 0.05) is 41.7 Å². The molecule has 2 aromatic carbocycles. The van der Waals surface area contributed by atoms with Crippen LogP contribution in [-0.4, -0.2) is 56.6 Å². The van der Waals surface area contributed by atoms with Crippen LogP contribution in [0.5, 0.6) is 0 Å². The number of nitrogens with one attached hydrogen (secondary N) is 2. The molecule has 0 saturated heterocycles. The molecule has 1 fully saturated rings. The Hall–Kier alpha value is -3.54. The maximum atomic E-state index is 11.4. The number of halogens is 1. The second-order valence-corrected chi connectivity index (χ2v) is 13.6. The first-order valence-electron chi connectivity index (χ1n) is 16.1. The molecule has 5 rings (SSSR count). The fraction of sp³-hybridized carbons (Fsp3) is 0.486. The predicted molar refractivity (Wildman–Crippen MR) is 196 cm³/mol.